The minimum absolute atomic E-state index is 0.0946. The third kappa shape index (κ3) is 2.90. The Kier molecular flexibility index (Phi) is 4.71. The molecule has 7 heteroatoms. The summed E-state index contributed by atoms with van der Waals surface area (Å²) in [7, 11) is 0. The van der Waals surface area contributed by atoms with Gasteiger partial charge in [-0.1, -0.05) is 18.2 Å². The van der Waals surface area contributed by atoms with Gasteiger partial charge >= 0.3 is 6.03 Å². The van der Waals surface area contributed by atoms with Gasteiger partial charge in [-0.2, -0.15) is 0 Å². The van der Waals surface area contributed by atoms with Crippen molar-refractivity contribution in [3.05, 3.63) is 52.2 Å². The number of carbonyl (C=O) groups is 3. The molecule has 1 fully saturated rings. The number of hydrogen-bond donors (Lipinski definition) is 1. The Morgan fingerprint density at radius 2 is 2.00 bits per heavy atom. The molecule has 1 atom stereocenters. The molecule has 0 unspecified atom stereocenters. The predicted molar refractivity (Wildman–Crippen MR) is 108 cm³/mol. The lowest BCUT2D eigenvalue weighted by molar-refractivity contribution is -0.135. The molecular formula is C21H23N3O3S. The van der Waals surface area contributed by atoms with Crippen LogP contribution in [0.3, 0.4) is 0 Å². The van der Waals surface area contributed by atoms with Gasteiger partial charge in [-0.3, -0.25) is 14.5 Å². The number of rotatable bonds is 4. The average molecular weight is 398 g/mol. The van der Waals surface area contributed by atoms with Crippen LogP contribution in [0.1, 0.15) is 37.1 Å². The van der Waals surface area contributed by atoms with Crippen LogP contribution in [0.15, 0.2) is 41.8 Å². The summed E-state index contributed by atoms with van der Waals surface area (Å²) in [5.74, 6) is -0.593. The van der Waals surface area contributed by atoms with E-state index in [1.165, 1.54) is 0 Å². The number of benzene rings is 1. The zero-order valence-electron chi connectivity index (χ0n) is 16.0. The number of carbonyl (C=O) groups excluding carboxylic acids is 3. The van der Waals surface area contributed by atoms with Crippen LogP contribution in [0.4, 0.5) is 10.5 Å². The molecule has 1 aromatic heterocycles. The maximum absolute atomic E-state index is 13.3. The number of imide groups is 1. The van der Waals surface area contributed by atoms with Crippen LogP contribution in [-0.4, -0.2) is 35.3 Å². The Hall–Kier alpha value is -2.67. The fourth-order valence-electron chi connectivity index (χ4n) is 4.22. The summed E-state index contributed by atoms with van der Waals surface area (Å²) in [5.41, 5.74) is 0.628. The van der Waals surface area contributed by atoms with E-state index in [1.54, 1.807) is 16.2 Å². The molecule has 0 saturated carbocycles. The summed E-state index contributed by atoms with van der Waals surface area (Å²) in [6.45, 7) is 3.56. The summed E-state index contributed by atoms with van der Waals surface area (Å²) in [5, 5.41) is 4.86. The molecule has 0 bridgehead atoms. The number of hydrogen-bond acceptors (Lipinski definition) is 4. The molecule has 1 spiro atoms. The first kappa shape index (κ1) is 18.7. The van der Waals surface area contributed by atoms with Gasteiger partial charge in [0.15, 0.2) is 0 Å². The summed E-state index contributed by atoms with van der Waals surface area (Å²) in [6, 6.07) is 10.6. The fourth-order valence-corrected chi connectivity index (χ4v) is 5.21. The molecule has 2 heterocycles. The minimum Gasteiger partial charge on any atom is -0.319 e. The molecule has 2 aliphatic rings. The molecule has 0 radical (unpaired) electrons. The highest BCUT2D eigenvalue weighted by molar-refractivity contribution is 7.10. The maximum Gasteiger partial charge on any atom is 0.325 e. The van der Waals surface area contributed by atoms with Gasteiger partial charge in [-0.25, -0.2) is 4.79 Å². The summed E-state index contributed by atoms with van der Waals surface area (Å²) >= 11 is 1.61. The summed E-state index contributed by atoms with van der Waals surface area (Å²) in [4.78, 5) is 42.9. The van der Waals surface area contributed by atoms with Gasteiger partial charge in [-0.15, -0.1) is 11.3 Å². The van der Waals surface area contributed by atoms with Crippen molar-refractivity contribution in [1.29, 1.82) is 0 Å². The number of para-hydroxylation sites is 1. The van der Waals surface area contributed by atoms with Crippen LogP contribution < -0.4 is 10.2 Å². The van der Waals surface area contributed by atoms with Crippen molar-refractivity contribution < 1.29 is 14.4 Å². The van der Waals surface area contributed by atoms with E-state index in [9.17, 15) is 14.4 Å². The molecule has 1 aliphatic carbocycles. The van der Waals surface area contributed by atoms with Crippen LogP contribution in [0.5, 0.6) is 0 Å². The highest BCUT2D eigenvalue weighted by Crippen LogP contribution is 2.42. The van der Waals surface area contributed by atoms with Crippen LogP contribution in [0.25, 0.3) is 0 Å². The van der Waals surface area contributed by atoms with Gasteiger partial charge in [0.1, 0.15) is 12.1 Å². The summed E-state index contributed by atoms with van der Waals surface area (Å²) in [6.07, 6.45) is 2.33. The molecular weight excluding hydrogens is 374 g/mol. The van der Waals surface area contributed by atoms with Gasteiger partial charge in [0.25, 0.3) is 5.91 Å². The van der Waals surface area contributed by atoms with Gasteiger partial charge in [0.2, 0.25) is 5.91 Å². The molecule has 28 heavy (non-hydrogen) atoms. The lowest BCUT2D eigenvalue weighted by Gasteiger charge is -2.31. The molecule has 1 saturated heterocycles. The Balaban J connectivity index is 1.60. The molecule has 1 aliphatic heterocycles. The highest BCUT2D eigenvalue weighted by atomic mass is 32.1. The van der Waals surface area contributed by atoms with E-state index in [0.717, 1.165) is 33.9 Å². The van der Waals surface area contributed by atoms with E-state index in [-0.39, 0.29) is 24.4 Å². The average Bonchev–Trinajstić information content (AvgIpc) is 3.23. The number of fused-ring (bicyclic) bond motifs is 2. The third-order valence-corrected chi connectivity index (χ3v) is 6.43. The van der Waals surface area contributed by atoms with Crippen molar-refractivity contribution in [1.82, 2.24) is 10.2 Å². The second kappa shape index (κ2) is 7.05. The van der Waals surface area contributed by atoms with Gasteiger partial charge in [0, 0.05) is 22.2 Å². The van der Waals surface area contributed by atoms with E-state index in [4.69, 9.17) is 0 Å². The molecule has 4 amide bonds. The summed E-state index contributed by atoms with van der Waals surface area (Å²) < 4.78 is 0. The highest BCUT2D eigenvalue weighted by Gasteiger charge is 2.54. The molecule has 146 valence electrons. The van der Waals surface area contributed by atoms with Crippen molar-refractivity contribution in [2.75, 3.05) is 11.4 Å². The number of amides is 4. The number of aryl methyl sites for hydroxylation is 1. The van der Waals surface area contributed by atoms with Crippen LogP contribution >= 0.6 is 11.3 Å². The topological polar surface area (TPSA) is 69.7 Å². The third-order valence-electron chi connectivity index (χ3n) is 5.45. The predicted octanol–water partition coefficient (Wildman–Crippen LogP) is 3.27. The zero-order valence-corrected chi connectivity index (χ0v) is 16.8. The van der Waals surface area contributed by atoms with E-state index in [0.29, 0.717) is 6.42 Å². The Labute approximate surface area is 168 Å². The largest absolute Gasteiger partial charge is 0.325 e. The zero-order chi connectivity index (χ0) is 19.9. The van der Waals surface area contributed by atoms with E-state index in [2.05, 4.69) is 5.32 Å². The Morgan fingerprint density at radius 1 is 1.25 bits per heavy atom. The normalized spacial score (nSPS) is 21.2. The van der Waals surface area contributed by atoms with E-state index in [1.807, 2.05) is 55.6 Å². The molecule has 6 nitrogen and oxygen atoms in total. The van der Waals surface area contributed by atoms with Crippen LogP contribution in [0, 0.1) is 0 Å². The fraction of sp³-hybridized carbons (Fsp3) is 0.381. The van der Waals surface area contributed by atoms with Crippen molar-refractivity contribution >= 4 is 34.9 Å². The number of urea groups is 1. The Morgan fingerprint density at radius 3 is 2.71 bits per heavy atom. The van der Waals surface area contributed by atoms with Crippen molar-refractivity contribution in [2.45, 2.75) is 44.7 Å². The lowest BCUT2D eigenvalue weighted by Crippen LogP contribution is -2.48. The first-order valence-corrected chi connectivity index (χ1v) is 10.4. The number of anilines is 1. The van der Waals surface area contributed by atoms with E-state index >= 15 is 0 Å². The number of thiophene rings is 1. The van der Waals surface area contributed by atoms with Gasteiger partial charge in [0.05, 0.1) is 0 Å². The lowest BCUT2D eigenvalue weighted by atomic mass is 9.80. The number of nitrogens with zero attached hydrogens (tertiary/aromatic N) is 2. The van der Waals surface area contributed by atoms with Crippen LogP contribution in [0.2, 0.25) is 0 Å². The van der Waals surface area contributed by atoms with E-state index < -0.39 is 11.6 Å². The minimum atomic E-state index is -1.01. The van der Waals surface area contributed by atoms with Gasteiger partial charge in [-0.05, 0) is 56.7 Å². The van der Waals surface area contributed by atoms with Gasteiger partial charge < -0.3 is 10.2 Å². The molecule has 1 aromatic carbocycles. The number of nitrogens with one attached hydrogen (secondary N) is 1. The van der Waals surface area contributed by atoms with Crippen molar-refractivity contribution in [3.8, 4) is 0 Å². The molecule has 4 rings (SSSR count). The second-order valence-electron chi connectivity index (χ2n) is 7.53. The molecule has 2 aromatic rings. The van der Waals surface area contributed by atoms with Crippen molar-refractivity contribution in [2.24, 2.45) is 0 Å². The second-order valence-corrected chi connectivity index (χ2v) is 8.53. The Bertz CT molecular complexity index is 924. The molecule has 1 N–H and O–H groups in total. The SMILES string of the molecule is CC(C)N(C(=O)CN1C(=O)N[C@]2(CCCc3sccc32)C1=O)c1ccccc1. The maximum atomic E-state index is 13.3. The van der Waals surface area contributed by atoms with Crippen LogP contribution in [-0.2, 0) is 21.5 Å². The first-order valence-electron chi connectivity index (χ1n) is 9.52. The monoisotopic (exact) mass is 397 g/mol. The quantitative estimate of drug-likeness (QED) is 0.805. The smallest absolute Gasteiger partial charge is 0.319 e. The standard InChI is InChI=1S/C21H23N3O3S/c1-14(2)24(15-7-4-3-5-8-15)18(25)13-23-19(26)21(22-20(23)27)11-6-9-17-16(21)10-12-28-17/h3-5,7-8,10,12,14H,6,9,11,13H2,1-2H3,(H,22,27)/t21-/m0/s1. The van der Waals surface area contributed by atoms with Crippen molar-refractivity contribution in [3.63, 3.8) is 0 Å². The first-order chi connectivity index (χ1) is 13.4.